The topological polar surface area (TPSA) is 56.0 Å². The molecule has 0 saturated carbocycles. The van der Waals surface area contributed by atoms with E-state index in [1.54, 1.807) is 0 Å². The van der Waals surface area contributed by atoms with E-state index in [0.29, 0.717) is 0 Å². The SMILES string of the molecule is Cc1cc(C(F)F)nc(C(N)=O)c1F. The van der Waals surface area contributed by atoms with Gasteiger partial charge in [-0.15, -0.1) is 0 Å². The first-order chi connectivity index (χ1) is 6.43. The number of primary amides is 1. The van der Waals surface area contributed by atoms with Gasteiger partial charge in [0.2, 0.25) is 0 Å². The number of rotatable bonds is 2. The lowest BCUT2D eigenvalue weighted by Crippen LogP contribution is -2.17. The van der Waals surface area contributed by atoms with Crippen LogP contribution in [0.15, 0.2) is 6.07 Å². The van der Waals surface area contributed by atoms with Gasteiger partial charge in [-0.2, -0.15) is 0 Å². The lowest BCUT2D eigenvalue weighted by molar-refractivity contribution is 0.0988. The van der Waals surface area contributed by atoms with E-state index in [1.807, 2.05) is 0 Å². The Kier molecular flexibility index (Phi) is 2.73. The molecule has 1 rings (SSSR count). The number of nitrogens with two attached hydrogens (primary N) is 1. The van der Waals surface area contributed by atoms with Gasteiger partial charge in [0.15, 0.2) is 11.5 Å². The lowest BCUT2D eigenvalue weighted by Gasteiger charge is -2.05. The van der Waals surface area contributed by atoms with Crippen molar-refractivity contribution in [1.82, 2.24) is 4.98 Å². The Morgan fingerprint density at radius 1 is 1.57 bits per heavy atom. The number of alkyl halides is 2. The first kappa shape index (κ1) is 10.5. The molecule has 1 amide bonds. The highest BCUT2D eigenvalue weighted by Gasteiger charge is 2.18. The van der Waals surface area contributed by atoms with Crippen molar-refractivity contribution in [2.24, 2.45) is 5.73 Å². The highest BCUT2D eigenvalue weighted by Crippen LogP contribution is 2.20. The van der Waals surface area contributed by atoms with E-state index in [1.165, 1.54) is 6.92 Å². The summed E-state index contributed by atoms with van der Waals surface area (Å²) in [7, 11) is 0. The smallest absolute Gasteiger partial charge is 0.280 e. The summed E-state index contributed by atoms with van der Waals surface area (Å²) >= 11 is 0. The third-order valence-corrected chi connectivity index (χ3v) is 1.62. The predicted molar refractivity (Wildman–Crippen MR) is 42.4 cm³/mol. The second-order valence-electron chi connectivity index (χ2n) is 2.69. The number of pyridine rings is 1. The molecule has 0 unspecified atom stereocenters. The average molecular weight is 204 g/mol. The van der Waals surface area contributed by atoms with Crippen molar-refractivity contribution >= 4 is 5.91 Å². The maximum absolute atomic E-state index is 13.1. The molecule has 0 bridgehead atoms. The van der Waals surface area contributed by atoms with Gasteiger partial charge in [-0.25, -0.2) is 18.2 Å². The summed E-state index contributed by atoms with van der Waals surface area (Å²) in [4.78, 5) is 13.8. The first-order valence-electron chi connectivity index (χ1n) is 3.68. The van der Waals surface area contributed by atoms with E-state index in [2.05, 4.69) is 4.98 Å². The molecule has 0 aromatic carbocycles. The first-order valence-corrected chi connectivity index (χ1v) is 3.68. The quantitative estimate of drug-likeness (QED) is 0.794. The van der Waals surface area contributed by atoms with Crippen LogP contribution in [0.5, 0.6) is 0 Å². The van der Waals surface area contributed by atoms with Gasteiger partial charge in [-0.05, 0) is 18.6 Å². The average Bonchev–Trinajstić information content (AvgIpc) is 2.08. The summed E-state index contributed by atoms with van der Waals surface area (Å²) in [5.41, 5.74) is 3.28. The van der Waals surface area contributed by atoms with E-state index >= 15 is 0 Å². The molecular formula is C8H7F3N2O. The fourth-order valence-electron chi connectivity index (χ4n) is 0.957. The van der Waals surface area contributed by atoms with Gasteiger partial charge in [0.05, 0.1) is 0 Å². The monoisotopic (exact) mass is 204 g/mol. The molecule has 1 aromatic rings. The molecule has 0 aliphatic rings. The highest BCUT2D eigenvalue weighted by molar-refractivity contribution is 5.91. The normalized spacial score (nSPS) is 10.6. The lowest BCUT2D eigenvalue weighted by atomic mass is 10.2. The molecule has 1 aromatic heterocycles. The van der Waals surface area contributed by atoms with Crippen molar-refractivity contribution in [3.8, 4) is 0 Å². The van der Waals surface area contributed by atoms with Gasteiger partial charge in [-0.3, -0.25) is 4.79 Å². The van der Waals surface area contributed by atoms with E-state index in [4.69, 9.17) is 5.73 Å². The fourth-order valence-corrected chi connectivity index (χ4v) is 0.957. The largest absolute Gasteiger partial charge is 0.364 e. The van der Waals surface area contributed by atoms with Crippen LogP contribution < -0.4 is 5.73 Å². The van der Waals surface area contributed by atoms with Crippen molar-refractivity contribution in [3.05, 3.63) is 28.8 Å². The molecule has 0 fully saturated rings. The van der Waals surface area contributed by atoms with Crippen LogP contribution in [0.3, 0.4) is 0 Å². The minimum Gasteiger partial charge on any atom is -0.364 e. The van der Waals surface area contributed by atoms with E-state index in [-0.39, 0.29) is 5.56 Å². The Balaban J connectivity index is 3.35. The second-order valence-corrected chi connectivity index (χ2v) is 2.69. The van der Waals surface area contributed by atoms with Crippen molar-refractivity contribution in [2.75, 3.05) is 0 Å². The van der Waals surface area contributed by atoms with Gasteiger partial charge in [-0.1, -0.05) is 0 Å². The van der Waals surface area contributed by atoms with Gasteiger partial charge in [0.25, 0.3) is 12.3 Å². The zero-order chi connectivity index (χ0) is 10.9. The third kappa shape index (κ3) is 1.84. The Morgan fingerprint density at radius 3 is 2.57 bits per heavy atom. The van der Waals surface area contributed by atoms with Gasteiger partial charge in [0, 0.05) is 0 Å². The molecule has 2 N–H and O–H groups in total. The van der Waals surface area contributed by atoms with Gasteiger partial charge >= 0.3 is 0 Å². The van der Waals surface area contributed by atoms with Crippen LogP contribution in [-0.4, -0.2) is 10.9 Å². The van der Waals surface area contributed by atoms with Crippen molar-refractivity contribution in [2.45, 2.75) is 13.3 Å². The molecule has 0 aliphatic heterocycles. The Bertz CT molecular complexity index is 379. The van der Waals surface area contributed by atoms with E-state index < -0.39 is 29.5 Å². The third-order valence-electron chi connectivity index (χ3n) is 1.62. The van der Waals surface area contributed by atoms with Crippen LogP contribution in [-0.2, 0) is 0 Å². The second kappa shape index (κ2) is 3.65. The number of carbonyl (C=O) groups is 1. The minimum atomic E-state index is -2.85. The Labute approximate surface area is 77.7 Å². The Hall–Kier alpha value is -1.59. The molecule has 6 heteroatoms. The fraction of sp³-hybridized carbons (Fsp3) is 0.250. The van der Waals surface area contributed by atoms with Crippen molar-refractivity contribution in [3.63, 3.8) is 0 Å². The summed E-state index contributed by atoms with van der Waals surface area (Å²) in [6.45, 7) is 1.26. The molecule has 3 nitrogen and oxygen atoms in total. The number of aromatic nitrogens is 1. The van der Waals surface area contributed by atoms with Crippen LogP contribution in [0.2, 0.25) is 0 Å². The molecule has 0 saturated heterocycles. The number of nitrogens with zero attached hydrogens (tertiary/aromatic N) is 1. The molecule has 0 atom stereocenters. The summed E-state index contributed by atoms with van der Waals surface area (Å²) in [5, 5.41) is 0. The zero-order valence-corrected chi connectivity index (χ0v) is 7.22. The number of halogens is 3. The number of hydrogen-bond donors (Lipinski definition) is 1. The summed E-state index contributed by atoms with van der Waals surface area (Å²) in [6.07, 6.45) is -2.85. The number of hydrogen-bond acceptors (Lipinski definition) is 2. The van der Waals surface area contributed by atoms with Crippen molar-refractivity contribution < 1.29 is 18.0 Å². The van der Waals surface area contributed by atoms with Crippen LogP contribution in [0.25, 0.3) is 0 Å². The Morgan fingerprint density at radius 2 is 2.14 bits per heavy atom. The minimum absolute atomic E-state index is 0.0795. The van der Waals surface area contributed by atoms with Crippen molar-refractivity contribution in [1.29, 1.82) is 0 Å². The predicted octanol–water partition coefficient (Wildman–Crippen LogP) is 1.57. The maximum atomic E-state index is 13.1. The van der Waals surface area contributed by atoms with Crippen LogP contribution in [0, 0.1) is 12.7 Å². The summed E-state index contributed by atoms with van der Waals surface area (Å²) in [6, 6.07) is 0.881. The van der Waals surface area contributed by atoms with E-state index in [0.717, 1.165) is 6.07 Å². The number of amides is 1. The summed E-state index contributed by atoms with van der Waals surface area (Å²) in [5.74, 6) is -2.12. The van der Waals surface area contributed by atoms with Crippen LogP contribution in [0.4, 0.5) is 13.2 Å². The van der Waals surface area contributed by atoms with E-state index in [9.17, 15) is 18.0 Å². The molecule has 1 heterocycles. The van der Waals surface area contributed by atoms with Crippen LogP contribution >= 0.6 is 0 Å². The maximum Gasteiger partial charge on any atom is 0.280 e. The molecule has 0 radical (unpaired) electrons. The molecule has 76 valence electrons. The molecule has 0 aliphatic carbocycles. The molecule has 14 heavy (non-hydrogen) atoms. The number of aryl methyl sites for hydroxylation is 1. The standard InChI is InChI=1S/C8H7F3N2O/c1-3-2-4(7(10)11)13-6(5(3)9)8(12)14/h2,7H,1H3,(H2,12,14). The zero-order valence-electron chi connectivity index (χ0n) is 7.22. The van der Waals surface area contributed by atoms with Gasteiger partial charge in [0.1, 0.15) is 5.69 Å². The molecule has 0 spiro atoms. The van der Waals surface area contributed by atoms with Gasteiger partial charge < -0.3 is 5.73 Å². The number of carbonyl (C=O) groups excluding carboxylic acids is 1. The highest BCUT2D eigenvalue weighted by atomic mass is 19.3. The molecular weight excluding hydrogens is 197 g/mol. The van der Waals surface area contributed by atoms with Crippen LogP contribution in [0.1, 0.15) is 28.2 Å². The summed E-state index contributed by atoms with van der Waals surface area (Å²) < 4.78 is 37.5.